The van der Waals surface area contributed by atoms with Crippen molar-refractivity contribution in [2.75, 3.05) is 0 Å². The van der Waals surface area contributed by atoms with Crippen LogP contribution in [-0.2, 0) is 0 Å². The van der Waals surface area contributed by atoms with Crippen molar-refractivity contribution < 1.29 is 9.47 Å². The van der Waals surface area contributed by atoms with Crippen LogP contribution in [0.3, 0.4) is 0 Å². The molecule has 152 valence electrons. The van der Waals surface area contributed by atoms with E-state index in [9.17, 15) is 0 Å². The van der Waals surface area contributed by atoms with Gasteiger partial charge in [0.25, 0.3) is 0 Å². The van der Waals surface area contributed by atoms with E-state index in [1.54, 1.807) is 24.8 Å². The Morgan fingerprint density at radius 1 is 0.500 bits per heavy atom. The largest absolute Gasteiger partial charge is 0.477 e. The quantitative estimate of drug-likeness (QED) is 0.298. The summed E-state index contributed by atoms with van der Waals surface area (Å²) < 4.78 is 13.7. The van der Waals surface area contributed by atoms with Gasteiger partial charge >= 0.3 is 0 Å². The van der Waals surface area contributed by atoms with Crippen LogP contribution in [-0.4, -0.2) is 9.97 Å². The van der Waals surface area contributed by atoms with E-state index < -0.39 is 0 Å². The minimum Gasteiger partial charge on any atom is -0.477 e. The maximum atomic E-state index is 6.83. The summed E-state index contributed by atoms with van der Waals surface area (Å²) in [4.78, 5) is 8.38. The van der Waals surface area contributed by atoms with Gasteiger partial charge in [-0.25, -0.2) is 0 Å². The number of aromatic nitrogens is 2. The van der Waals surface area contributed by atoms with E-state index in [4.69, 9.17) is 9.47 Å². The lowest BCUT2D eigenvalue weighted by molar-refractivity contribution is 0.0214. The summed E-state index contributed by atoms with van der Waals surface area (Å²) in [5.74, 6) is 1.60. The van der Waals surface area contributed by atoms with Gasteiger partial charge in [-0.15, -0.1) is 0 Å². The molecule has 2 atom stereocenters. The molecule has 7 rings (SSSR count). The second kappa shape index (κ2) is 6.66. The lowest BCUT2D eigenvalue weighted by atomic mass is 9.91. The third kappa shape index (κ3) is 2.44. The summed E-state index contributed by atoms with van der Waals surface area (Å²) in [5, 5.41) is 7.00. The van der Waals surface area contributed by atoms with Crippen molar-refractivity contribution in [1.82, 2.24) is 9.97 Å². The van der Waals surface area contributed by atoms with Crippen molar-refractivity contribution in [2.45, 2.75) is 12.2 Å². The summed E-state index contributed by atoms with van der Waals surface area (Å²) in [6.45, 7) is 0. The summed E-state index contributed by atoms with van der Waals surface area (Å²) in [5.41, 5.74) is 2.05. The Morgan fingerprint density at radius 2 is 0.938 bits per heavy atom. The molecule has 4 heteroatoms. The van der Waals surface area contributed by atoms with Crippen molar-refractivity contribution >= 4 is 32.3 Å². The fraction of sp³-hybridized carbons (Fsp3) is 0.0714. The van der Waals surface area contributed by atoms with Crippen LogP contribution < -0.4 is 9.47 Å². The molecule has 0 unspecified atom stereocenters. The Hall–Kier alpha value is -4.18. The molecule has 0 fully saturated rings. The lowest BCUT2D eigenvalue weighted by Gasteiger charge is -2.36. The monoisotopic (exact) mass is 414 g/mol. The third-order valence-electron chi connectivity index (χ3n) is 6.42. The Kier molecular flexibility index (Phi) is 3.64. The zero-order valence-electron chi connectivity index (χ0n) is 17.1. The second-order valence-corrected chi connectivity index (χ2v) is 8.17. The predicted molar refractivity (Wildman–Crippen MR) is 125 cm³/mol. The summed E-state index contributed by atoms with van der Waals surface area (Å²) in [7, 11) is 0. The van der Waals surface area contributed by atoms with Crippen LogP contribution in [0.4, 0.5) is 0 Å². The minimum absolute atomic E-state index is 0.307. The van der Waals surface area contributed by atoms with Crippen LogP contribution in [0.15, 0.2) is 97.6 Å². The summed E-state index contributed by atoms with van der Waals surface area (Å²) in [6.07, 6.45) is 6.57. The Labute approximate surface area is 184 Å². The SMILES string of the molecule is c1cc2ccc3cccc4c5c(c(c1)c2c34)O[C@H](c1ccncc1)[C@@H](c1ccncc1)O5. The number of nitrogens with zero attached hydrogens (tertiary/aromatic N) is 2. The van der Waals surface area contributed by atoms with Crippen LogP contribution in [0.1, 0.15) is 23.3 Å². The average molecular weight is 414 g/mol. The number of pyridine rings is 2. The van der Waals surface area contributed by atoms with Crippen LogP contribution >= 0.6 is 0 Å². The molecule has 0 spiro atoms. The second-order valence-electron chi connectivity index (χ2n) is 8.17. The van der Waals surface area contributed by atoms with Gasteiger partial charge in [0.05, 0.1) is 0 Å². The third-order valence-corrected chi connectivity index (χ3v) is 6.42. The standard InChI is InChI=1S/C28H18N2O2/c1-3-17-7-8-18-4-2-6-22-24(18)23(17)21(5-1)27-28(22)32-26(20-11-15-30-16-12-20)25(31-27)19-9-13-29-14-10-19/h1-16,25-26H/t25-,26-/m1/s1. The van der Waals surface area contributed by atoms with Crippen LogP contribution in [0.2, 0.25) is 0 Å². The first-order valence-corrected chi connectivity index (χ1v) is 10.7. The number of hydrogen-bond donors (Lipinski definition) is 0. The smallest absolute Gasteiger partial charge is 0.170 e. The normalized spacial score (nSPS) is 17.9. The van der Waals surface area contributed by atoms with Crippen molar-refractivity contribution in [3.8, 4) is 11.5 Å². The van der Waals surface area contributed by atoms with Crippen molar-refractivity contribution in [2.24, 2.45) is 0 Å². The molecule has 4 nitrogen and oxygen atoms in total. The molecule has 0 N–H and O–H groups in total. The van der Waals surface area contributed by atoms with Gasteiger partial charge < -0.3 is 9.47 Å². The summed E-state index contributed by atoms with van der Waals surface area (Å²) >= 11 is 0. The number of rotatable bonds is 2. The van der Waals surface area contributed by atoms with Gasteiger partial charge in [0.2, 0.25) is 0 Å². The molecular formula is C28H18N2O2. The van der Waals surface area contributed by atoms with Gasteiger partial charge in [-0.3, -0.25) is 9.97 Å². The molecule has 0 bridgehead atoms. The molecule has 1 aliphatic rings. The number of fused-ring (bicyclic) bond motifs is 3. The highest BCUT2D eigenvalue weighted by Crippen LogP contribution is 2.54. The molecule has 6 aromatic rings. The zero-order chi connectivity index (χ0) is 21.1. The van der Waals surface area contributed by atoms with E-state index in [1.165, 1.54) is 21.5 Å². The highest BCUT2D eigenvalue weighted by molar-refractivity contribution is 6.26. The first-order chi connectivity index (χ1) is 15.9. The van der Waals surface area contributed by atoms with Gasteiger partial charge in [0.15, 0.2) is 23.7 Å². The van der Waals surface area contributed by atoms with Crippen molar-refractivity contribution in [1.29, 1.82) is 0 Å². The molecule has 3 heterocycles. The first-order valence-electron chi connectivity index (χ1n) is 10.7. The number of ether oxygens (including phenoxy) is 2. The van der Waals surface area contributed by atoms with Gasteiger partial charge in [0.1, 0.15) is 0 Å². The predicted octanol–water partition coefficient (Wildman–Crippen LogP) is 6.63. The van der Waals surface area contributed by atoms with Gasteiger partial charge in [0, 0.05) is 46.3 Å². The molecule has 32 heavy (non-hydrogen) atoms. The van der Waals surface area contributed by atoms with E-state index in [1.807, 2.05) is 24.3 Å². The van der Waals surface area contributed by atoms with Crippen molar-refractivity contribution in [3.63, 3.8) is 0 Å². The van der Waals surface area contributed by atoms with E-state index in [0.29, 0.717) is 0 Å². The van der Waals surface area contributed by atoms with E-state index in [2.05, 4.69) is 58.5 Å². The van der Waals surface area contributed by atoms with Crippen molar-refractivity contribution in [3.05, 3.63) is 109 Å². The average Bonchev–Trinajstić information content (AvgIpc) is 2.88. The highest BCUT2D eigenvalue weighted by Gasteiger charge is 2.36. The number of hydrogen-bond acceptors (Lipinski definition) is 4. The molecule has 2 aromatic heterocycles. The molecule has 0 radical (unpaired) electrons. The Balaban J connectivity index is 1.56. The maximum absolute atomic E-state index is 6.83. The molecule has 1 aliphatic heterocycles. The topological polar surface area (TPSA) is 44.2 Å². The van der Waals surface area contributed by atoms with Gasteiger partial charge in [-0.05, 0) is 46.2 Å². The van der Waals surface area contributed by atoms with Gasteiger partial charge in [-0.1, -0.05) is 48.5 Å². The Bertz CT molecular complexity index is 1460. The lowest BCUT2D eigenvalue weighted by Crippen LogP contribution is -2.27. The number of benzene rings is 4. The highest BCUT2D eigenvalue weighted by atomic mass is 16.6. The minimum atomic E-state index is -0.307. The van der Waals surface area contributed by atoms with Gasteiger partial charge in [-0.2, -0.15) is 0 Å². The molecule has 0 aliphatic carbocycles. The fourth-order valence-electron chi connectivity index (χ4n) is 4.98. The summed E-state index contributed by atoms with van der Waals surface area (Å²) in [6, 6.07) is 25.1. The molecule has 0 saturated heterocycles. The molecule has 4 aromatic carbocycles. The van der Waals surface area contributed by atoms with E-state index >= 15 is 0 Å². The molecule has 0 saturated carbocycles. The van der Waals surface area contributed by atoms with E-state index in [-0.39, 0.29) is 12.2 Å². The zero-order valence-corrected chi connectivity index (χ0v) is 17.1. The maximum Gasteiger partial charge on any atom is 0.170 e. The first kappa shape index (κ1) is 17.5. The van der Waals surface area contributed by atoms with Crippen LogP contribution in [0.5, 0.6) is 11.5 Å². The van der Waals surface area contributed by atoms with E-state index in [0.717, 1.165) is 33.4 Å². The molecule has 0 amide bonds. The fourth-order valence-corrected chi connectivity index (χ4v) is 4.98. The molecular weight excluding hydrogens is 396 g/mol. The van der Waals surface area contributed by atoms with Crippen LogP contribution in [0, 0.1) is 0 Å². The Morgan fingerprint density at radius 3 is 1.38 bits per heavy atom. The van der Waals surface area contributed by atoms with Crippen LogP contribution in [0.25, 0.3) is 32.3 Å².